The Morgan fingerprint density at radius 2 is 1.10 bits per heavy atom. The van der Waals surface area contributed by atoms with Crippen LogP contribution >= 0.6 is 0 Å². The summed E-state index contributed by atoms with van der Waals surface area (Å²) in [5, 5.41) is 9.66. The fourth-order valence-corrected chi connectivity index (χ4v) is 6.31. The minimum absolute atomic E-state index is 0.829. The van der Waals surface area contributed by atoms with Gasteiger partial charge in [-0.25, -0.2) is 9.97 Å². The quantitative estimate of drug-likeness (QED) is 0.224. The Kier molecular flexibility index (Phi) is 4.05. The molecule has 2 aromatic heterocycles. The topological polar surface area (TPSA) is 38.9 Å². The number of furan rings is 1. The monoisotopic (exact) mass is 496 g/mol. The highest BCUT2D eigenvalue weighted by Crippen LogP contribution is 2.48. The van der Waals surface area contributed by atoms with Crippen molar-refractivity contribution in [2.45, 2.75) is 0 Å². The number of hydrogen-bond donors (Lipinski definition) is 0. The number of fused-ring (bicyclic) bond motifs is 6. The van der Waals surface area contributed by atoms with E-state index in [0.29, 0.717) is 0 Å². The van der Waals surface area contributed by atoms with Crippen molar-refractivity contribution in [2.75, 3.05) is 0 Å². The second-order valence-electron chi connectivity index (χ2n) is 10.1. The van der Waals surface area contributed by atoms with Crippen molar-refractivity contribution in [3.63, 3.8) is 0 Å². The number of para-hydroxylation sites is 2. The van der Waals surface area contributed by atoms with Crippen LogP contribution in [0.3, 0.4) is 0 Å². The molecule has 0 aliphatic carbocycles. The predicted octanol–water partition coefficient (Wildman–Crippen LogP) is 9.76. The summed E-state index contributed by atoms with van der Waals surface area (Å²) in [6.07, 6.45) is 0. The summed E-state index contributed by atoms with van der Waals surface area (Å²) < 4.78 is 6.81. The third kappa shape index (κ3) is 2.82. The van der Waals surface area contributed by atoms with Crippen LogP contribution in [0.2, 0.25) is 0 Å². The maximum Gasteiger partial charge on any atom is 0.145 e. The van der Waals surface area contributed by atoms with Gasteiger partial charge in [-0.2, -0.15) is 0 Å². The molecule has 0 saturated carbocycles. The largest absolute Gasteiger partial charge is 0.455 e. The van der Waals surface area contributed by atoms with E-state index in [4.69, 9.17) is 14.4 Å². The lowest BCUT2D eigenvalue weighted by Gasteiger charge is -2.13. The van der Waals surface area contributed by atoms with Crippen LogP contribution in [0.5, 0.6) is 0 Å². The van der Waals surface area contributed by atoms with Gasteiger partial charge in [-0.3, -0.25) is 0 Å². The smallest absolute Gasteiger partial charge is 0.145 e. The molecule has 9 rings (SSSR count). The summed E-state index contributed by atoms with van der Waals surface area (Å²) in [5.74, 6) is 0. The van der Waals surface area contributed by atoms with Crippen molar-refractivity contribution in [1.29, 1.82) is 0 Å². The van der Waals surface area contributed by atoms with Crippen molar-refractivity contribution in [3.8, 4) is 22.5 Å². The third-order valence-corrected chi connectivity index (χ3v) is 7.99. The normalized spacial score (nSPS) is 12.1. The molecule has 0 atom stereocenters. The highest BCUT2D eigenvalue weighted by atomic mass is 16.3. The fraction of sp³-hybridized carbons (Fsp3) is 0. The highest BCUT2D eigenvalue weighted by Gasteiger charge is 2.24. The molecule has 0 saturated heterocycles. The first-order valence-electron chi connectivity index (χ1n) is 13.2. The lowest BCUT2D eigenvalue weighted by atomic mass is 9.90. The Bertz CT molecular complexity index is 2390. The van der Waals surface area contributed by atoms with Gasteiger partial charge in [-0.05, 0) is 51.2 Å². The highest BCUT2D eigenvalue weighted by molar-refractivity contribution is 6.39. The summed E-state index contributed by atoms with van der Waals surface area (Å²) >= 11 is 0. The summed E-state index contributed by atoms with van der Waals surface area (Å²) in [5.41, 5.74) is 7.17. The maximum absolute atomic E-state index is 6.81. The van der Waals surface area contributed by atoms with Crippen molar-refractivity contribution in [1.82, 2.24) is 9.97 Å². The van der Waals surface area contributed by atoms with E-state index >= 15 is 0 Å². The SMILES string of the molecule is c1ccc(-c2nc3ccccc3nc2-c2ccc3c4ccccc4c4c5ccccc5cc5oc2c3c54)cc1. The molecule has 7 aromatic carbocycles. The van der Waals surface area contributed by atoms with E-state index < -0.39 is 0 Å². The molecule has 2 heterocycles. The molecule has 0 amide bonds. The van der Waals surface area contributed by atoms with Gasteiger partial charge in [-0.15, -0.1) is 0 Å². The zero-order valence-corrected chi connectivity index (χ0v) is 20.8. The van der Waals surface area contributed by atoms with Crippen molar-refractivity contribution < 1.29 is 4.42 Å². The summed E-state index contributed by atoms with van der Waals surface area (Å²) in [7, 11) is 0. The van der Waals surface area contributed by atoms with Gasteiger partial charge in [0.2, 0.25) is 0 Å². The number of hydrogen-bond acceptors (Lipinski definition) is 3. The van der Waals surface area contributed by atoms with Crippen LogP contribution in [0.25, 0.3) is 87.8 Å². The zero-order chi connectivity index (χ0) is 25.5. The molecule has 0 aliphatic rings. The first kappa shape index (κ1) is 20.7. The summed E-state index contributed by atoms with van der Waals surface area (Å²) in [4.78, 5) is 10.3. The molecule has 3 nitrogen and oxygen atoms in total. The van der Waals surface area contributed by atoms with E-state index in [2.05, 4.69) is 78.9 Å². The molecule has 0 fully saturated rings. The van der Waals surface area contributed by atoms with Crippen LogP contribution in [0.1, 0.15) is 0 Å². The Labute approximate surface area is 223 Å². The van der Waals surface area contributed by atoms with Crippen LogP contribution in [-0.2, 0) is 0 Å². The van der Waals surface area contributed by atoms with Gasteiger partial charge in [0.25, 0.3) is 0 Å². The fourth-order valence-electron chi connectivity index (χ4n) is 6.31. The van der Waals surface area contributed by atoms with Crippen LogP contribution in [0.15, 0.2) is 126 Å². The summed E-state index contributed by atoms with van der Waals surface area (Å²) in [6.45, 7) is 0. The Morgan fingerprint density at radius 1 is 0.462 bits per heavy atom. The Morgan fingerprint density at radius 3 is 1.92 bits per heavy atom. The Balaban J connectivity index is 1.49. The van der Waals surface area contributed by atoms with E-state index in [9.17, 15) is 0 Å². The number of nitrogens with zero attached hydrogens (tertiary/aromatic N) is 2. The molecule has 3 heteroatoms. The molecule has 0 spiro atoms. The molecular formula is C36H20N2O. The number of aromatic nitrogens is 2. The number of rotatable bonds is 2. The second kappa shape index (κ2) is 7.62. The van der Waals surface area contributed by atoms with Gasteiger partial charge in [0.1, 0.15) is 16.9 Å². The molecule has 180 valence electrons. The molecule has 9 aromatic rings. The van der Waals surface area contributed by atoms with Gasteiger partial charge in [0, 0.05) is 27.3 Å². The van der Waals surface area contributed by atoms with E-state index in [0.717, 1.165) is 50.1 Å². The molecular weight excluding hydrogens is 476 g/mol. The van der Waals surface area contributed by atoms with Crippen LogP contribution in [-0.4, -0.2) is 9.97 Å². The first-order valence-corrected chi connectivity index (χ1v) is 13.2. The predicted molar refractivity (Wildman–Crippen MR) is 161 cm³/mol. The van der Waals surface area contributed by atoms with Gasteiger partial charge < -0.3 is 4.42 Å². The van der Waals surface area contributed by atoms with Crippen molar-refractivity contribution in [3.05, 3.63) is 121 Å². The van der Waals surface area contributed by atoms with Gasteiger partial charge >= 0.3 is 0 Å². The minimum Gasteiger partial charge on any atom is -0.455 e. The van der Waals surface area contributed by atoms with E-state index in [1.165, 1.54) is 37.7 Å². The zero-order valence-electron chi connectivity index (χ0n) is 20.8. The maximum atomic E-state index is 6.81. The molecule has 0 radical (unpaired) electrons. The Hall–Kier alpha value is -5.28. The van der Waals surface area contributed by atoms with E-state index in [1.807, 2.05) is 42.5 Å². The molecule has 0 aliphatic heterocycles. The van der Waals surface area contributed by atoms with Gasteiger partial charge in [0.15, 0.2) is 0 Å². The minimum atomic E-state index is 0.829. The van der Waals surface area contributed by atoms with E-state index in [1.54, 1.807) is 0 Å². The van der Waals surface area contributed by atoms with Crippen LogP contribution < -0.4 is 0 Å². The summed E-state index contributed by atoms with van der Waals surface area (Å²) in [6, 6.07) is 42.2. The second-order valence-corrected chi connectivity index (χ2v) is 10.1. The van der Waals surface area contributed by atoms with Crippen molar-refractivity contribution in [2.24, 2.45) is 0 Å². The lowest BCUT2D eigenvalue weighted by molar-refractivity contribution is 0.670. The number of benzene rings is 7. The average molecular weight is 497 g/mol. The molecule has 0 N–H and O–H groups in total. The van der Waals surface area contributed by atoms with Crippen molar-refractivity contribution >= 4 is 65.3 Å². The van der Waals surface area contributed by atoms with Gasteiger partial charge in [0.05, 0.1) is 16.7 Å². The molecule has 39 heavy (non-hydrogen) atoms. The molecule has 0 unspecified atom stereocenters. The van der Waals surface area contributed by atoms with Gasteiger partial charge in [-0.1, -0.05) is 97.1 Å². The lowest BCUT2D eigenvalue weighted by Crippen LogP contribution is -1.96. The molecule has 0 bridgehead atoms. The van der Waals surface area contributed by atoms with Crippen LogP contribution in [0.4, 0.5) is 0 Å². The average Bonchev–Trinajstić information content (AvgIpc) is 3.39. The third-order valence-electron chi connectivity index (χ3n) is 7.99. The standard InChI is InChI=1S/C36H20N2O/c1-2-10-21(11-3-1)34-35(38-29-17-9-8-16-28(29)37-34)27-19-18-26-24-14-6-7-15-25(24)31-23-13-5-4-12-22(23)20-30-33(31)32(26)36(27)39-30/h1-20H. The first-order chi connectivity index (χ1) is 19.3. The van der Waals surface area contributed by atoms with E-state index in [-0.39, 0.29) is 0 Å². The van der Waals surface area contributed by atoms with Crippen LogP contribution in [0, 0.1) is 0 Å².